The minimum absolute atomic E-state index is 0.0992. The first-order valence-electron chi connectivity index (χ1n) is 13.9. The summed E-state index contributed by atoms with van der Waals surface area (Å²) in [7, 11) is 0. The molecule has 4 aromatic carbocycles. The third kappa shape index (κ3) is 6.46. The van der Waals surface area contributed by atoms with Gasteiger partial charge in [-0.1, -0.05) is 37.1 Å². The Balaban J connectivity index is 1.34. The number of hydrogen-bond acceptors (Lipinski definition) is 12. The van der Waals surface area contributed by atoms with Crippen molar-refractivity contribution in [2.75, 3.05) is 0 Å². The highest BCUT2D eigenvalue weighted by molar-refractivity contribution is 5.96. The lowest BCUT2D eigenvalue weighted by molar-refractivity contribution is -0.394. The predicted octanol–water partition coefficient (Wildman–Crippen LogP) is 6.62. The lowest BCUT2D eigenvalue weighted by Crippen LogP contribution is -2.23. The quantitative estimate of drug-likeness (QED) is 0.0770. The third-order valence-electron chi connectivity index (χ3n) is 7.91. The fourth-order valence-corrected chi connectivity index (χ4v) is 5.65. The molecule has 0 atom stereocenters. The molecule has 0 aromatic heterocycles. The maximum Gasteiger partial charge on any atom is 0.350 e. The van der Waals surface area contributed by atoms with Crippen molar-refractivity contribution < 1.29 is 38.8 Å². The molecule has 0 amide bonds. The van der Waals surface area contributed by atoms with Crippen LogP contribution in [0.1, 0.15) is 57.5 Å². The number of non-ortho nitro benzene ring substituents is 2. The van der Waals surface area contributed by atoms with Gasteiger partial charge in [0.05, 0.1) is 31.8 Å². The number of nitro groups is 4. The largest absolute Gasteiger partial charge is 0.423 e. The highest BCUT2D eigenvalue weighted by atomic mass is 16.6. The maximum absolute atomic E-state index is 12.7. The average Bonchev–Trinajstić information content (AvgIpc) is 3.56. The minimum Gasteiger partial charge on any atom is -0.423 e. The molecule has 0 spiro atoms. The number of nitrogens with zero attached hydrogens (tertiary/aromatic N) is 4. The molecule has 0 N–H and O–H groups in total. The molecule has 16 heteroatoms. The van der Waals surface area contributed by atoms with Gasteiger partial charge in [0, 0.05) is 17.5 Å². The number of carbonyl (C=O) groups excluding carboxylic acids is 2. The van der Waals surface area contributed by atoms with E-state index in [2.05, 4.69) is 0 Å². The molecule has 47 heavy (non-hydrogen) atoms. The van der Waals surface area contributed by atoms with Crippen LogP contribution in [0.2, 0.25) is 0 Å². The highest BCUT2D eigenvalue weighted by Crippen LogP contribution is 2.47. The molecule has 16 nitrogen and oxygen atoms in total. The number of esters is 2. The fourth-order valence-electron chi connectivity index (χ4n) is 5.65. The van der Waals surface area contributed by atoms with Crippen LogP contribution in [0.4, 0.5) is 22.7 Å². The molecular formula is C31H22N4O12. The zero-order valence-corrected chi connectivity index (χ0v) is 24.1. The molecule has 1 aliphatic rings. The second kappa shape index (κ2) is 12.8. The van der Waals surface area contributed by atoms with Crippen molar-refractivity contribution >= 4 is 34.7 Å². The summed E-state index contributed by atoms with van der Waals surface area (Å²) in [5, 5.41) is 44.9. The van der Waals surface area contributed by atoms with Crippen LogP contribution in [0.5, 0.6) is 11.5 Å². The fraction of sp³-hybridized carbons (Fsp3) is 0.161. The summed E-state index contributed by atoms with van der Waals surface area (Å²) in [4.78, 5) is 66.9. The van der Waals surface area contributed by atoms with Gasteiger partial charge in [0.25, 0.3) is 22.7 Å². The number of carbonyl (C=O) groups is 2. The summed E-state index contributed by atoms with van der Waals surface area (Å²) in [6.07, 6.45) is 3.38. The van der Waals surface area contributed by atoms with Gasteiger partial charge in [0.15, 0.2) is 0 Å². The van der Waals surface area contributed by atoms with Crippen LogP contribution in [-0.2, 0) is 5.41 Å². The summed E-state index contributed by atoms with van der Waals surface area (Å²) < 4.78 is 10.7. The molecule has 1 saturated carbocycles. The van der Waals surface area contributed by atoms with E-state index in [9.17, 15) is 50.0 Å². The third-order valence-corrected chi connectivity index (χ3v) is 7.91. The molecular weight excluding hydrogens is 620 g/mol. The van der Waals surface area contributed by atoms with E-state index in [-0.39, 0.29) is 11.5 Å². The Kier molecular flexibility index (Phi) is 8.67. The SMILES string of the molecule is O=C(Oc1ccc(C2(c3ccc(OC(=O)c4ccc([N+](=O)[O-])cc4[N+](=O)[O-])cc3)CCCC2)cc1)c1ccc([N+](=O)[O-])cc1[N+](=O)[O-]. The number of hydrogen-bond donors (Lipinski definition) is 0. The first-order chi connectivity index (χ1) is 22.4. The van der Waals surface area contributed by atoms with Gasteiger partial charge in [-0.05, 0) is 60.4 Å². The molecule has 0 unspecified atom stereocenters. The molecule has 0 bridgehead atoms. The first-order valence-corrected chi connectivity index (χ1v) is 13.9. The average molecular weight is 643 g/mol. The van der Waals surface area contributed by atoms with Crippen molar-refractivity contribution in [1.82, 2.24) is 0 Å². The van der Waals surface area contributed by atoms with Gasteiger partial charge in [-0.2, -0.15) is 0 Å². The van der Waals surface area contributed by atoms with Crippen molar-refractivity contribution in [2.24, 2.45) is 0 Å². The van der Waals surface area contributed by atoms with E-state index >= 15 is 0 Å². The van der Waals surface area contributed by atoms with Gasteiger partial charge >= 0.3 is 11.9 Å². The monoisotopic (exact) mass is 642 g/mol. The van der Waals surface area contributed by atoms with Crippen molar-refractivity contribution in [3.8, 4) is 11.5 Å². The number of nitro benzene ring substituents is 4. The zero-order valence-electron chi connectivity index (χ0n) is 24.1. The number of ether oxygens (including phenoxy) is 2. The van der Waals surface area contributed by atoms with Crippen LogP contribution in [0, 0.1) is 40.5 Å². The molecule has 0 aliphatic heterocycles. The lowest BCUT2D eigenvalue weighted by atomic mass is 9.73. The minimum atomic E-state index is -1.06. The lowest BCUT2D eigenvalue weighted by Gasteiger charge is -2.30. The van der Waals surface area contributed by atoms with E-state index in [0.717, 1.165) is 61.1 Å². The Morgan fingerprint density at radius 3 is 1.21 bits per heavy atom. The van der Waals surface area contributed by atoms with Crippen molar-refractivity contribution in [3.63, 3.8) is 0 Å². The number of benzene rings is 4. The Morgan fingerprint density at radius 2 is 0.894 bits per heavy atom. The molecule has 4 aromatic rings. The Morgan fingerprint density at radius 1 is 0.532 bits per heavy atom. The maximum atomic E-state index is 12.7. The molecule has 5 rings (SSSR count). The summed E-state index contributed by atoms with van der Waals surface area (Å²) in [5.41, 5.74) is -2.15. The van der Waals surface area contributed by atoms with Crippen molar-refractivity contribution in [2.45, 2.75) is 31.1 Å². The van der Waals surface area contributed by atoms with Crippen LogP contribution >= 0.6 is 0 Å². The van der Waals surface area contributed by atoms with Gasteiger partial charge in [-0.3, -0.25) is 40.5 Å². The van der Waals surface area contributed by atoms with Crippen LogP contribution in [0.15, 0.2) is 84.9 Å². The van der Waals surface area contributed by atoms with E-state index in [4.69, 9.17) is 9.47 Å². The zero-order chi connectivity index (χ0) is 33.9. The normalized spacial score (nSPS) is 13.4. The molecule has 1 aliphatic carbocycles. The van der Waals surface area contributed by atoms with Crippen molar-refractivity contribution in [3.05, 3.63) is 148 Å². The molecule has 238 valence electrons. The Labute approximate surface area is 263 Å². The molecule has 0 radical (unpaired) electrons. The second-order valence-electron chi connectivity index (χ2n) is 10.5. The topological polar surface area (TPSA) is 225 Å². The van der Waals surface area contributed by atoms with E-state index in [1.54, 1.807) is 24.3 Å². The summed E-state index contributed by atoms with van der Waals surface area (Å²) >= 11 is 0. The van der Waals surface area contributed by atoms with Crippen LogP contribution < -0.4 is 9.47 Å². The van der Waals surface area contributed by atoms with Gasteiger partial charge in [0.1, 0.15) is 22.6 Å². The van der Waals surface area contributed by atoms with Crippen molar-refractivity contribution in [1.29, 1.82) is 0 Å². The van der Waals surface area contributed by atoms with Crippen LogP contribution in [-0.4, -0.2) is 31.6 Å². The summed E-state index contributed by atoms with van der Waals surface area (Å²) in [6, 6.07) is 18.5. The standard InChI is InChI=1S/C31H22N4O12/c36-29(25-13-7-21(32(38)39)17-27(25)34(42)43)46-23-9-3-19(4-10-23)31(15-1-2-16-31)20-5-11-24(12-6-20)47-30(37)26-14-8-22(33(40)41)18-28(26)35(44)45/h3-14,17-18H,1-2,15-16H2. The van der Waals surface area contributed by atoms with E-state index in [0.29, 0.717) is 12.1 Å². The summed E-state index contributed by atoms with van der Waals surface area (Å²) in [6.45, 7) is 0. The summed E-state index contributed by atoms with van der Waals surface area (Å²) in [5.74, 6) is -1.91. The van der Waals surface area contributed by atoms with E-state index in [1.807, 2.05) is 0 Å². The number of rotatable bonds is 10. The smallest absolute Gasteiger partial charge is 0.350 e. The van der Waals surface area contributed by atoms with E-state index in [1.165, 1.54) is 24.3 Å². The van der Waals surface area contributed by atoms with E-state index < -0.39 is 70.9 Å². The highest BCUT2D eigenvalue weighted by Gasteiger charge is 2.37. The van der Waals surface area contributed by atoms with Gasteiger partial charge in [-0.25, -0.2) is 9.59 Å². The van der Waals surface area contributed by atoms with Crippen LogP contribution in [0.25, 0.3) is 0 Å². The van der Waals surface area contributed by atoms with Crippen LogP contribution in [0.3, 0.4) is 0 Å². The van der Waals surface area contributed by atoms with Gasteiger partial charge in [0.2, 0.25) is 0 Å². The Hall–Kier alpha value is -6.58. The van der Waals surface area contributed by atoms with Gasteiger partial charge in [-0.15, -0.1) is 0 Å². The molecule has 1 fully saturated rings. The predicted molar refractivity (Wildman–Crippen MR) is 162 cm³/mol. The Bertz CT molecular complexity index is 1800. The second-order valence-corrected chi connectivity index (χ2v) is 10.5. The molecule has 0 heterocycles. The van der Waals surface area contributed by atoms with Gasteiger partial charge < -0.3 is 9.47 Å². The molecule has 0 saturated heterocycles. The first kappa shape index (κ1) is 31.8.